The van der Waals surface area contributed by atoms with Gasteiger partial charge >= 0.3 is 5.97 Å². The van der Waals surface area contributed by atoms with Gasteiger partial charge in [-0.3, -0.25) is 0 Å². The van der Waals surface area contributed by atoms with E-state index in [-0.39, 0.29) is 5.04 Å². The van der Waals surface area contributed by atoms with Gasteiger partial charge in [0.15, 0.2) is 14.4 Å². The number of carboxylic acid groups (broad SMARTS) is 1. The zero-order valence-electron chi connectivity index (χ0n) is 11.7. The number of hydrogen-bond acceptors (Lipinski definition) is 2. The summed E-state index contributed by atoms with van der Waals surface area (Å²) >= 11 is 0. The summed E-state index contributed by atoms with van der Waals surface area (Å²) in [7, 11) is -2.09. The van der Waals surface area contributed by atoms with Gasteiger partial charge in [-0.05, 0) is 23.7 Å². The molecule has 1 atom stereocenters. The van der Waals surface area contributed by atoms with Gasteiger partial charge in [-0.1, -0.05) is 51.1 Å². The molecule has 0 unspecified atom stereocenters. The molecule has 0 fully saturated rings. The van der Waals surface area contributed by atoms with Crippen molar-refractivity contribution in [2.45, 2.75) is 45.0 Å². The van der Waals surface area contributed by atoms with Gasteiger partial charge in [-0.2, -0.15) is 0 Å². The largest absolute Gasteiger partial charge is 0.479 e. The first-order valence-electron chi connectivity index (χ1n) is 6.11. The van der Waals surface area contributed by atoms with Crippen molar-refractivity contribution in [2.75, 3.05) is 0 Å². The van der Waals surface area contributed by atoms with Gasteiger partial charge in [0, 0.05) is 0 Å². The molecule has 100 valence electrons. The average molecular weight is 266 g/mol. The molecular weight excluding hydrogens is 244 g/mol. The summed E-state index contributed by atoms with van der Waals surface area (Å²) in [6, 6.07) is 9.13. The number of carboxylic acids is 1. The maximum Gasteiger partial charge on any atom is 0.336 e. The molecule has 1 rings (SSSR count). The van der Waals surface area contributed by atoms with Crippen LogP contribution in [0.5, 0.6) is 0 Å². The predicted molar refractivity (Wildman–Crippen MR) is 75.1 cm³/mol. The fourth-order valence-electron chi connectivity index (χ4n) is 1.36. The highest BCUT2D eigenvalue weighted by molar-refractivity contribution is 6.74. The van der Waals surface area contributed by atoms with E-state index in [0.29, 0.717) is 5.56 Å². The van der Waals surface area contributed by atoms with Crippen LogP contribution in [0.15, 0.2) is 30.3 Å². The molecule has 4 heteroatoms. The lowest BCUT2D eigenvalue weighted by molar-refractivity contribution is -0.146. The minimum absolute atomic E-state index is 0.00448. The second-order valence-electron chi connectivity index (χ2n) is 6.01. The van der Waals surface area contributed by atoms with E-state index in [9.17, 15) is 9.90 Å². The van der Waals surface area contributed by atoms with Crippen molar-refractivity contribution in [3.63, 3.8) is 0 Å². The first kappa shape index (κ1) is 14.9. The number of hydrogen-bond donors (Lipinski definition) is 1. The molecule has 0 aliphatic heterocycles. The van der Waals surface area contributed by atoms with Crippen LogP contribution < -0.4 is 0 Å². The Hall–Kier alpha value is -1.13. The molecule has 3 nitrogen and oxygen atoms in total. The van der Waals surface area contributed by atoms with Crippen molar-refractivity contribution in [1.82, 2.24) is 0 Å². The second-order valence-corrected chi connectivity index (χ2v) is 10.8. The van der Waals surface area contributed by atoms with Crippen molar-refractivity contribution in [3.05, 3.63) is 35.9 Å². The first-order valence-corrected chi connectivity index (χ1v) is 9.01. The van der Waals surface area contributed by atoms with Gasteiger partial charge in [-0.15, -0.1) is 0 Å². The minimum Gasteiger partial charge on any atom is -0.479 e. The fraction of sp³-hybridized carbons (Fsp3) is 0.500. The Bertz CT molecular complexity index is 407. The van der Waals surface area contributed by atoms with Crippen molar-refractivity contribution in [3.8, 4) is 0 Å². The van der Waals surface area contributed by atoms with E-state index in [1.165, 1.54) is 0 Å². The summed E-state index contributed by atoms with van der Waals surface area (Å²) in [4.78, 5) is 11.4. The number of carbonyl (C=O) groups is 1. The lowest BCUT2D eigenvalue weighted by Gasteiger charge is -2.38. The fourth-order valence-corrected chi connectivity index (χ4v) is 2.54. The van der Waals surface area contributed by atoms with E-state index in [1.54, 1.807) is 12.1 Å². The van der Waals surface area contributed by atoms with E-state index in [0.717, 1.165) is 0 Å². The van der Waals surface area contributed by atoms with Gasteiger partial charge in [0.1, 0.15) is 0 Å². The predicted octanol–water partition coefficient (Wildman–Crippen LogP) is 3.83. The van der Waals surface area contributed by atoms with Gasteiger partial charge < -0.3 is 9.53 Å². The van der Waals surface area contributed by atoms with Crippen LogP contribution >= 0.6 is 0 Å². The third kappa shape index (κ3) is 3.43. The zero-order chi connectivity index (χ0) is 14.0. The van der Waals surface area contributed by atoms with Crippen molar-refractivity contribution in [1.29, 1.82) is 0 Å². The number of rotatable bonds is 4. The Balaban J connectivity index is 3.00. The van der Waals surface area contributed by atoms with E-state index >= 15 is 0 Å². The van der Waals surface area contributed by atoms with Crippen LogP contribution in [0.4, 0.5) is 0 Å². The van der Waals surface area contributed by atoms with Crippen LogP contribution in [0, 0.1) is 0 Å². The molecule has 18 heavy (non-hydrogen) atoms. The lowest BCUT2D eigenvalue weighted by atomic mass is 10.1. The van der Waals surface area contributed by atoms with Gasteiger partial charge in [0.25, 0.3) is 0 Å². The number of benzene rings is 1. The molecule has 1 aromatic carbocycles. The molecule has 0 saturated heterocycles. The lowest BCUT2D eigenvalue weighted by Crippen LogP contribution is -2.43. The summed E-state index contributed by atoms with van der Waals surface area (Å²) in [5.41, 5.74) is 0.704. The van der Waals surface area contributed by atoms with Gasteiger partial charge in [0.05, 0.1) is 0 Å². The van der Waals surface area contributed by atoms with Gasteiger partial charge in [-0.25, -0.2) is 4.79 Å². The summed E-state index contributed by atoms with van der Waals surface area (Å²) < 4.78 is 5.99. The molecule has 0 spiro atoms. The summed E-state index contributed by atoms with van der Waals surface area (Å²) in [6.45, 7) is 10.4. The van der Waals surface area contributed by atoms with E-state index in [2.05, 4.69) is 33.9 Å². The number of aliphatic carboxylic acids is 1. The Kier molecular flexibility index (Phi) is 4.35. The van der Waals surface area contributed by atoms with Crippen LogP contribution in [0.25, 0.3) is 0 Å². The second kappa shape index (κ2) is 5.24. The Morgan fingerprint density at radius 3 is 2.11 bits per heavy atom. The zero-order valence-corrected chi connectivity index (χ0v) is 12.7. The van der Waals surface area contributed by atoms with Crippen LogP contribution in [-0.2, 0) is 9.22 Å². The van der Waals surface area contributed by atoms with Crippen molar-refractivity contribution in [2.24, 2.45) is 0 Å². The monoisotopic (exact) mass is 266 g/mol. The molecule has 0 aliphatic carbocycles. The molecule has 1 aromatic rings. The highest BCUT2D eigenvalue weighted by Gasteiger charge is 2.41. The highest BCUT2D eigenvalue weighted by Crippen LogP contribution is 2.39. The molecule has 0 heterocycles. The highest BCUT2D eigenvalue weighted by atomic mass is 28.4. The topological polar surface area (TPSA) is 46.5 Å². The van der Waals surface area contributed by atoms with E-state index < -0.39 is 20.4 Å². The summed E-state index contributed by atoms with van der Waals surface area (Å²) in [5, 5.41) is 9.35. The van der Waals surface area contributed by atoms with Crippen LogP contribution in [-0.4, -0.2) is 19.4 Å². The summed E-state index contributed by atoms with van der Waals surface area (Å²) in [5.74, 6) is -0.925. The molecule has 0 aliphatic rings. The standard InChI is InChI=1S/C14H22O3Si/c1-14(2,3)18(4,5)17-12(13(15)16)11-9-7-6-8-10-11/h6-10,12H,1-5H3,(H,15,16)/t12-/m1/s1. The maximum absolute atomic E-state index is 11.4. The Morgan fingerprint density at radius 1 is 1.22 bits per heavy atom. The summed E-state index contributed by atoms with van der Waals surface area (Å²) in [6.07, 6.45) is -0.868. The normalized spacial score (nSPS) is 14.3. The molecule has 0 amide bonds. The SMILES string of the molecule is CC(C)(C)[Si](C)(C)O[C@@H](C(=O)O)c1ccccc1. The smallest absolute Gasteiger partial charge is 0.336 e. The first-order chi connectivity index (χ1) is 8.15. The molecule has 0 saturated carbocycles. The molecule has 0 aromatic heterocycles. The van der Waals surface area contributed by atoms with Crippen LogP contribution in [0.2, 0.25) is 18.1 Å². The average Bonchev–Trinajstić information content (AvgIpc) is 2.25. The molecule has 0 radical (unpaired) electrons. The van der Waals surface area contributed by atoms with Crippen molar-refractivity contribution < 1.29 is 14.3 Å². The quantitative estimate of drug-likeness (QED) is 0.842. The third-order valence-corrected chi connectivity index (χ3v) is 7.98. The van der Waals surface area contributed by atoms with Crippen molar-refractivity contribution >= 4 is 14.3 Å². The van der Waals surface area contributed by atoms with Crippen LogP contribution in [0.1, 0.15) is 32.4 Å². The van der Waals surface area contributed by atoms with E-state index in [4.69, 9.17) is 4.43 Å². The molecule has 0 bridgehead atoms. The Morgan fingerprint density at radius 2 is 1.72 bits per heavy atom. The third-order valence-electron chi connectivity index (χ3n) is 3.55. The van der Waals surface area contributed by atoms with E-state index in [1.807, 2.05) is 18.2 Å². The minimum atomic E-state index is -2.09. The van der Waals surface area contributed by atoms with Gasteiger partial charge in [0.2, 0.25) is 0 Å². The Labute approximate surface area is 110 Å². The molecular formula is C14H22O3Si. The maximum atomic E-state index is 11.4. The molecule has 1 N–H and O–H groups in total. The van der Waals surface area contributed by atoms with Crippen LogP contribution in [0.3, 0.4) is 0 Å².